The zero-order chi connectivity index (χ0) is 15.6. The van der Waals surface area contributed by atoms with Crippen molar-refractivity contribution in [2.24, 2.45) is 0 Å². The minimum Gasteiger partial charge on any atom is -0.461 e. The van der Waals surface area contributed by atoms with Crippen molar-refractivity contribution in [1.29, 1.82) is 0 Å². The molecule has 5 nitrogen and oxygen atoms in total. The fourth-order valence-corrected chi connectivity index (χ4v) is 3.19. The van der Waals surface area contributed by atoms with E-state index in [0.717, 1.165) is 42.1 Å². The van der Waals surface area contributed by atoms with Gasteiger partial charge in [-0.3, -0.25) is 4.90 Å². The van der Waals surface area contributed by atoms with Gasteiger partial charge < -0.3 is 4.42 Å². The van der Waals surface area contributed by atoms with Gasteiger partial charge in [-0.25, -0.2) is 15.0 Å². The first-order chi connectivity index (χ1) is 11.3. The Labute approximate surface area is 142 Å². The molecule has 0 amide bonds. The number of fused-ring (bicyclic) bond motifs is 1. The Kier molecular flexibility index (Phi) is 3.93. The van der Waals surface area contributed by atoms with Crippen molar-refractivity contribution in [2.75, 3.05) is 6.54 Å². The lowest BCUT2D eigenvalue weighted by Crippen LogP contribution is -2.31. The van der Waals surface area contributed by atoms with Gasteiger partial charge >= 0.3 is 0 Å². The maximum atomic E-state index is 5.38. The third-order valence-electron chi connectivity index (χ3n) is 3.98. The summed E-state index contributed by atoms with van der Waals surface area (Å²) in [5, 5.41) is 0. The summed E-state index contributed by atoms with van der Waals surface area (Å²) in [4.78, 5) is 15.8. The molecule has 23 heavy (non-hydrogen) atoms. The van der Waals surface area contributed by atoms with Crippen molar-refractivity contribution >= 4 is 15.9 Å². The molecule has 0 atom stereocenters. The van der Waals surface area contributed by atoms with Crippen LogP contribution >= 0.6 is 15.9 Å². The highest BCUT2D eigenvalue weighted by Gasteiger charge is 2.20. The predicted octanol–water partition coefficient (Wildman–Crippen LogP) is 3.45. The summed E-state index contributed by atoms with van der Waals surface area (Å²) in [6.07, 6.45) is 6.28. The normalized spacial score (nSPS) is 14.7. The van der Waals surface area contributed by atoms with Crippen LogP contribution in [0.1, 0.15) is 16.8 Å². The molecular weight excluding hydrogens is 356 g/mol. The molecule has 0 saturated heterocycles. The second kappa shape index (κ2) is 6.22. The van der Waals surface area contributed by atoms with E-state index in [1.54, 1.807) is 12.5 Å². The van der Waals surface area contributed by atoms with Crippen molar-refractivity contribution in [1.82, 2.24) is 19.9 Å². The van der Waals surface area contributed by atoms with E-state index in [1.165, 1.54) is 11.1 Å². The largest absolute Gasteiger partial charge is 0.461 e. The average molecular weight is 371 g/mol. The molecule has 0 radical (unpaired) electrons. The number of hydrogen-bond acceptors (Lipinski definition) is 5. The van der Waals surface area contributed by atoms with E-state index < -0.39 is 0 Å². The topological polar surface area (TPSA) is 55.1 Å². The molecule has 0 aromatic carbocycles. The van der Waals surface area contributed by atoms with Crippen molar-refractivity contribution in [3.05, 3.63) is 64.3 Å². The second-order valence-corrected chi connectivity index (χ2v) is 6.31. The number of pyridine rings is 1. The molecule has 0 fully saturated rings. The van der Waals surface area contributed by atoms with Gasteiger partial charge in [0.05, 0.1) is 12.0 Å². The summed E-state index contributed by atoms with van der Waals surface area (Å²) in [6, 6.07) is 7.81. The molecule has 0 spiro atoms. The van der Waals surface area contributed by atoms with Crippen molar-refractivity contribution in [3.63, 3.8) is 0 Å². The van der Waals surface area contributed by atoms with Crippen LogP contribution in [0.5, 0.6) is 0 Å². The van der Waals surface area contributed by atoms with E-state index in [2.05, 4.69) is 41.8 Å². The molecule has 3 aromatic rings. The Hall–Kier alpha value is -2.05. The van der Waals surface area contributed by atoms with Crippen LogP contribution in [0.25, 0.3) is 11.6 Å². The van der Waals surface area contributed by atoms with Crippen LogP contribution in [0.4, 0.5) is 0 Å². The summed E-state index contributed by atoms with van der Waals surface area (Å²) in [7, 11) is 0. The van der Waals surface area contributed by atoms with Gasteiger partial charge in [-0.15, -0.1) is 0 Å². The summed E-state index contributed by atoms with van der Waals surface area (Å²) >= 11 is 3.51. The van der Waals surface area contributed by atoms with E-state index in [4.69, 9.17) is 4.42 Å². The van der Waals surface area contributed by atoms with Crippen molar-refractivity contribution in [3.8, 4) is 11.6 Å². The highest BCUT2D eigenvalue weighted by atomic mass is 79.9. The highest BCUT2D eigenvalue weighted by molar-refractivity contribution is 9.10. The van der Waals surface area contributed by atoms with E-state index >= 15 is 0 Å². The Morgan fingerprint density at radius 1 is 1.22 bits per heavy atom. The van der Waals surface area contributed by atoms with Crippen LogP contribution in [0.3, 0.4) is 0 Å². The fraction of sp³-hybridized carbons (Fsp3) is 0.235. The van der Waals surface area contributed by atoms with Crippen LogP contribution in [-0.4, -0.2) is 26.4 Å². The maximum Gasteiger partial charge on any atom is 0.195 e. The first-order valence-corrected chi connectivity index (χ1v) is 8.29. The van der Waals surface area contributed by atoms with E-state index in [-0.39, 0.29) is 0 Å². The van der Waals surface area contributed by atoms with Gasteiger partial charge in [0.2, 0.25) is 0 Å². The van der Waals surface area contributed by atoms with Gasteiger partial charge in [-0.1, -0.05) is 6.07 Å². The average Bonchev–Trinajstić information content (AvgIpc) is 3.11. The van der Waals surface area contributed by atoms with Gasteiger partial charge in [0.15, 0.2) is 11.6 Å². The van der Waals surface area contributed by atoms with Crippen LogP contribution in [-0.2, 0) is 19.5 Å². The van der Waals surface area contributed by atoms with Crippen LogP contribution < -0.4 is 0 Å². The monoisotopic (exact) mass is 370 g/mol. The third-order valence-corrected chi connectivity index (χ3v) is 4.70. The Balaban J connectivity index is 1.53. The lowest BCUT2D eigenvalue weighted by Gasteiger charge is -2.28. The Morgan fingerprint density at radius 3 is 3.00 bits per heavy atom. The number of aromatic nitrogens is 3. The molecule has 4 rings (SSSR count). The molecule has 4 heterocycles. The zero-order valence-corrected chi connectivity index (χ0v) is 14.0. The minimum absolute atomic E-state index is 0.664. The third kappa shape index (κ3) is 3.04. The van der Waals surface area contributed by atoms with Gasteiger partial charge in [0.25, 0.3) is 0 Å². The Bertz CT molecular complexity index is 819. The molecule has 3 aromatic heterocycles. The molecule has 0 unspecified atom stereocenters. The van der Waals surface area contributed by atoms with Gasteiger partial charge in [-0.05, 0) is 39.7 Å². The quantitative estimate of drug-likeness (QED) is 0.660. The highest BCUT2D eigenvalue weighted by Crippen LogP contribution is 2.23. The smallest absolute Gasteiger partial charge is 0.195 e. The summed E-state index contributed by atoms with van der Waals surface area (Å²) < 4.78 is 6.29. The molecule has 0 N–H and O–H groups in total. The van der Waals surface area contributed by atoms with E-state index in [1.807, 2.05) is 24.4 Å². The standard InChI is InChI=1S/C17H15BrN4O/c18-16-12(3-1-6-19-16)10-22-7-5-14-13(11-22)9-20-17(21-14)15-4-2-8-23-15/h1-4,6,8-9H,5,7,10-11H2. The van der Waals surface area contributed by atoms with Crippen molar-refractivity contribution < 1.29 is 4.42 Å². The molecule has 1 aliphatic rings. The molecule has 6 heteroatoms. The number of halogens is 1. The van der Waals surface area contributed by atoms with Crippen LogP contribution in [0, 0.1) is 0 Å². The second-order valence-electron chi connectivity index (χ2n) is 5.56. The summed E-state index contributed by atoms with van der Waals surface area (Å²) in [6.45, 7) is 2.70. The van der Waals surface area contributed by atoms with E-state index in [0.29, 0.717) is 5.82 Å². The van der Waals surface area contributed by atoms with Crippen molar-refractivity contribution in [2.45, 2.75) is 19.5 Å². The molecule has 0 aliphatic carbocycles. The summed E-state index contributed by atoms with van der Waals surface area (Å²) in [5.41, 5.74) is 3.50. The lowest BCUT2D eigenvalue weighted by atomic mass is 10.1. The minimum atomic E-state index is 0.664. The van der Waals surface area contributed by atoms with Gasteiger partial charge in [0, 0.05) is 44.0 Å². The summed E-state index contributed by atoms with van der Waals surface area (Å²) in [5.74, 6) is 1.38. The molecule has 0 bridgehead atoms. The number of rotatable bonds is 3. The molecule has 116 valence electrons. The first kappa shape index (κ1) is 14.5. The van der Waals surface area contributed by atoms with Gasteiger partial charge in [-0.2, -0.15) is 0 Å². The lowest BCUT2D eigenvalue weighted by molar-refractivity contribution is 0.242. The van der Waals surface area contributed by atoms with Gasteiger partial charge in [0.1, 0.15) is 4.60 Å². The zero-order valence-electron chi connectivity index (χ0n) is 12.4. The maximum absolute atomic E-state index is 5.38. The van der Waals surface area contributed by atoms with Crippen LogP contribution in [0.15, 0.2) is 51.9 Å². The number of hydrogen-bond donors (Lipinski definition) is 0. The first-order valence-electron chi connectivity index (χ1n) is 7.50. The molecular formula is C17H15BrN4O. The Morgan fingerprint density at radius 2 is 2.17 bits per heavy atom. The van der Waals surface area contributed by atoms with Crippen LogP contribution in [0.2, 0.25) is 0 Å². The molecule has 0 saturated carbocycles. The van der Waals surface area contributed by atoms with E-state index in [9.17, 15) is 0 Å². The number of nitrogens with zero attached hydrogens (tertiary/aromatic N) is 4. The fourth-order valence-electron chi connectivity index (χ4n) is 2.81. The predicted molar refractivity (Wildman–Crippen MR) is 89.5 cm³/mol. The SMILES string of the molecule is Brc1ncccc1CN1CCc2nc(-c3ccco3)ncc2C1. The number of furan rings is 1. The molecule has 1 aliphatic heterocycles.